The molecule has 9 nitrogen and oxygen atoms in total. The summed E-state index contributed by atoms with van der Waals surface area (Å²) in [4.78, 5) is 16.3. The fourth-order valence-corrected chi connectivity index (χ4v) is 8.16. The molecule has 7 rings (SSSR count). The molecule has 3 aliphatic heterocycles. The quantitative estimate of drug-likeness (QED) is 0.192. The molecule has 276 valence electrons. The molecule has 10 heteroatoms. The van der Waals surface area contributed by atoms with Crippen LogP contribution in [0.4, 0.5) is 5.69 Å². The number of likely N-dealkylation sites (N-methyl/N-ethyl adjacent to an activating group) is 2. The van der Waals surface area contributed by atoms with Crippen LogP contribution in [-0.2, 0) is 11.3 Å². The number of fused-ring (bicyclic) bond motifs is 4. The highest BCUT2D eigenvalue weighted by atomic mass is 35.7. The second-order valence-electron chi connectivity index (χ2n) is 14.6. The minimum atomic E-state index is -4.94. The molecule has 0 aromatic heterocycles. The Morgan fingerprint density at radius 2 is 1.43 bits per heavy atom. The number of benzene rings is 4. The van der Waals surface area contributed by atoms with Crippen molar-refractivity contribution < 1.29 is 43.1 Å². The largest absolute Gasteiger partial charge is 0.457 e. The molecule has 4 aromatic rings. The lowest BCUT2D eigenvalue weighted by molar-refractivity contribution is -2.00. The summed E-state index contributed by atoms with van der Waals surface area (Å²) in [6, 6.07) is 26.6. The van der Waals surface area contributed by atoms with Crippen molar-refractivity contribution in [3.63, 3.8) is 0 Å². The van der Waals surface area contributed by atoms with Crippen molar-refractivity contribution in [1.29, 1.82) is 0 Å². The lowest BCUT2D eigenvalue weighted by Gasteiger charge is -2.43. The normalized spacial score (nSPS) is 16.4. The Labute approximate surface area is 312 Å². The van der Waals surface area contributed by atoms with Crippen LogP contribution in [0.15, 0.2) is 91.0 Å². The summed E-state index contributed by atoms with van der Waals surface area (Å²) < 4.78 is 49.3. The summed E-state index contributed by atoms with van der Waals surface area (Å²) in [5.41, 5.74) is 9.97. The number of ether oxygens (including phenoxy) is 2. The molecule has 0 fully saturated rings. The predicted octanol–water partition coefficient (Wildman–Crippen LogP) is 3.37. The van der Waals surface area contributed by atoms with Crippen LogP contribution in [0, 0.1) is 10.2 Å². The van der Waals surface area contributed by atoms with E-state index in [2.05, 4.69) is 101 Å². The topological polar surface area (TPSA) is 134 Å². The van der Waals surface area contributed by atoms with E-state index in [1.165, 1.54) is 22.3 Å². The number of hydrogen-bond donors (Lipinski definition) is 0. The molecule has 3 heterocycles. The third-order valence-corrected chi connectivity index (χ3v) is 10.2. The van der Waals surface area contributed by atoms with Gasteiger partial charge in [-0.05, 0) is 88.1 Å². The van der Waals surface area contributed by atoms with E-state index in [1.807, 2.05) is 54.6 Å². The Kier molecular flexibility index (Phi) is 10.2. The fraction of sp³-hybridized carbons (Fsp3) is 0.302. The maximum atomic E-state index is 13.9. The molecule has 0 bridgehead atoms. The van der Waals surface area contributed by atoms with Gasteiger partial charge in [-0.2, -0.15) is 0 Å². The van der Waals surface area contributed by atoms with Crippen molar-refractivity contribution in [2.45, 2.75) is 73.1 Å². The summed E-state index contributed by atoms with van der Waals surface area (Å²) >= 11 is 0. The maximum absolute atomic E-state index is 13.9. The van der Waals surface area contributed by atoms with Crippen LogP contribution in [0.2, 0.25) is 0 Å². The number of carbonyl (C=O) groups is 1. The zero-order chi connectivity index (χ0) is 38.5. The zero-order valence-electron chi connectivity index (χ0n) is 31.4. The summed E-state index contributed by atoms with van der Waals surface area (Å²) in [6.07, 6.45) is 4.70. The standard InChI is InChI=1S/C43H45N2O3.ClHO4/c1-9-44-36-22-38-34(20-32(36)27(3)24-42(44,5)6)40(30-18-14-15-19-31(30)41(46)47-26-29-16-12-11-13-17-29)35-21-33-28(4)25-43(7,8)45(10-2)37(33)23-39(35)48-38;2-1(3,4)5/h11-25H,9-10,26H2,1-8H3;(H,2,3,4,5)/q+1;/p-1. The molecular weight excluding hydrogens is 692 g/mol. The Morgan fingerprint density at radius 1 is 0.792 bits per heavy atom. The third kappa shape index (κ3) is 7.54. The van der Waals surface area contributed by atoms with Crippen molar-refractivity contribution in [2.24, 2.45) is 0 Å². The minimum Gasteiger partial charge on any atom is -0.457 e. The van der Waals surface area contributed by atoms with Crippen LogP contribution >= 0.6 is 0 Å². The van der Waals surface area contributed by atoms with E-state index in [9.17, 15) is 4.79 Å². The SMILES string of the molecule is CCN1c2cc3c(cc2C(C)=CC1(C)C)C(c1ccccc1C(=O)OCc1ccccc1)=c1cc2c(cc1O3)=[N+](CC)C(C)(C)C=C2C.[O-][Cl+3]([O-])([O-])[O-]. The average Bonchev–Trinajstić information content (AvgIpc) is 3.08. The first kappa shape index (κ1) is 38.0. The summed E-state index contributed by atoms with van der Waals surface area (Å²) in [5, 5.41) is 2.13. The van der Waals surface area contributed by atoms with Gasteiger partial charge in [-0.1, -0.05) is 54.6 Å². The number of allylic oxidation sites excluding steroid dienone is 2. The van der Waals surface area contributed by atoms with Gasteiger partial charge >= 0.3 is 5.97 Å². The highest BCUT2D eigenvalue weighted by Gasteiger charge is 2.36. The number of esters is 1. The molecule has 0 amide bonds. The zero-order valence-corrected chi connectivity index (χ0v) is 32.2. The van der Waals surface area contributed by atoms with Gasteiger partial charge in [-0.25, -0.2) is 28.0 Å². The number of carbonyl (C=O) groups excluding carboxylic acids is 1. The molecule has 4 aromatic carbocycles. The maximum Gasteiger partial charge on any atom is 0.339 e. The Hall–Kier alpha value is -4.77. The van der Waals surface area contributed by atoms with Crippen molar-refractivity contribution in [3.05, 3.63) is 135 Å². The van der Waals surface area contributed by atoms with Crippen LogP contribution in [0.3, 0.4) is 0 Å². The van der Waals surface area contributed by atoms with E-state index in [0.29, 0.717) is 5.56 Å². The van der Waals surface area contributed by atoms with Gasteiger partial charge in [-0.15, -0.1) is 10.2 Å². The monoisotopic (exact) mass is 736 g/mol. The van der Waals surface area contributed by atoms with Gasteiger partial charge < -0.3 is 14.4 Å². The van der Waals surface area contributed by atoms with Crippen LogP contribution < -0.4 is 43.4 Å². The van der Waals surface area contributed by atoms with Gasteiger partial charge in [-0.3, -0.25) is 0 Å². The Morgan fingerprint density at radius 3 is 2.09 bits per heavy atom. The highest BCUT2D eigenvalue weighted by molar-refractivity contribution is 6.00. The van der Waals surface area contributed by atoms with Gasteiger partial charge in [0.15, 0.2) is 5.54 Å². The van der Waals surface area contributed by atoms with E-state index in [-0.39, 0.29) is 23.7 Å². The first-order valence-corrected chi connectivity index (χ1v) is 19.0. The summed E-state index contributed by atoms with van der Waals surface area (Å²) in [5.74, 6) is 1.23. The van der Waals surface area contributed by atoms with Crippen LogP contribution in [0.1, 0.15) is 93.6 Å². The molecule has 0 unspecified atom stereocenters. The number of nitrogens with zero attached hydrogens (tertiary/aromatic N) is 2. The molecule has 0 N–H and O–H groups in total. The lowest BCUT2D eigenvalue weighted by atomic mass is 9.83. The second kappa shape index (κ2) is 14.2. The molecule has 0 spiro atoms. The van der Waals surface area contributed by atoms with Crippen molar-refractivity contribution in [3.8, 4) is 11.5 Å². The molecule has 0 atom stereocenters. The van der Waals surface area contributed by atoms with Gasteiger partial charge in [0.2, 0.25) is 5.36 Å². The third-order valence-electron chi connectivity index (χ3n) is 10.2. The van der Waals surface area contributed by atoms with Gasteiger partial charge in [0.05, 0.1) is 17.2 Å². The van der Waals surface area contributed by atoms with Crippen LogP contribution in [0.25, 0.3) is 16.7 Å². The van der Waals surface area contributed by atoms with E-state index >= 15 is 0 Å². The van der Waals surface area contributed by atoms with Gasteiger partial charge in [0, 0.05) is 59.6 Å². The number of anilines is 1. The molecule has 0 saturated heterocycles. The van der Waals surface area contributed by atoms with E-state index in [0.717, 1.165) is 63.1 Å². The van der Waals surface area contributed by atoms with Gasteiger partial charge in [0.25, 0.3) is 0 Å². The summed E-state index contributed by atoms with van der Waals surface area (Å²) in [7, 11) is -4.94. The highest BCUT2D eigenvalue weighted by Crippen LogP contribution is 2.46. The predicted molar refractivity (Wildman–Crippen MR) is 196 cm³/mol. The van der Waals surface area contributed by atoms with E-state index in [1.54, 1.807) is 0 Å². The molecule has 0 radical (unpaired) electrons. The molecule has 0 aliphatic carbocycles. The van der Waals surface area contributed by atoms with Gasteiger partial charge in [0.1, 0.15) is 24.7 Å². The Bertz CT molecular complexity index is 2280. The number of rotatable bonds is 6. The lowest BCUT2D eigenvalue weighted by Crippen LogP contribution is -2.68. The molecule has 53 heavy (non-hydrogen) atoms. The molecule has 3 aliphatic rings. The van der Waals surface area contributed by atoms with E-state index < -0.39 is 10.2 Å². The first-order valence-electron chi connectivity index (χ1n) is 17.7. The van der Waals surface area contributed by atoms with Crippen LogP contribution in [0.5, 0.6) is 11.5 Å². The van der Waals surface area contributed by atoms with Crippen molar-refractivity contribution in [1.82, 2.24) is 4.58 Å². The minimum absolute atomic E-state index is 0.134. The van der Waals surface area contributed by atoms with Crippen molar-refractivity contribution in [2.75, 3.05) is 18.0 Å². The summed E-state index contributed by atoms with van der Waals surface area (Å²) in [6.45, 7) is 19.8. The number of hydrogen-bond acceptors (Lipinski definition) is 8. The number of halogens is 1. The second-order valence-corrected chi connectivity index (χ2v) is 15.4. The first-order chi connectivity index (χ1) is 24.9. The smallest absolute Gasteiger partial charge is 0.339 e. The fourth-order valence-electron chi connectivity index (χ4n) is 8.16. The molecular formula is C43H45ClN2O7. The molecule has 0 saturated carbocycles. The van der Waals surface area contributed by atoms with E-state index in [4.69, 9.17) is 28.1 Å². The average molecular weight is 737 g/mol. The van der Waals surface area contributed by atoms with Crippen LogP contribution in [-0.4, -0.2) is 30.1 Å². The Balaban J connectivity index is 0.000000902. The van der Waals surface area contributed by atoms with Crippen molar-refractivity contribution >= 4 is 28.4 Å².